The minimum absolute atomic E-state index is 0.0126. The Hall–Kier alpha value is -1.73. The van der Waals surface area contributed by atoms with Crippen LogP contribution in [0.2, 0.25) is 0 Å². The lowest BCUT2D eigenvalue weighted by Gasteiger charge is -2.06. The monoisotopic (exact) mass is 270 g/mol. The standard InChI is InChI=1S/C11H14N2O4S/c1-17-11(14)6-7-13-18(15,16)10-4-2-9(8-12)3-5-10/h2-5,8,12-13H,6-7H2,1H3. The fourth-order valence-corrected chi connectivity index (χ4v) is 2.25. The third kappa shape index (κ3) is 3.94. The zero-order chi connectivity index (χ0) is 13.6. The topological polar surface area (TPSA) is 96.3 Å². The zero-order valence-electron chi connectivity index (χ0n) is 9.84. The smallest absolute Gasteiger partial charge is 0.306 e. The van der Waals surface area contributed by atoms with E-state index in [4.69, 9.17) is 5.41 Å². The minimum Gasteiger partial charge on any atom is -0.469 e. The van der Waals surface area contributed by atoms with Crippen molar-refractivity contribution in [3.63, 3.8) is 0 Å². The molecule has 0 aliphatic heterocycles. The number of methoxy groups -OCH3 is 1. The molecule has 0 fully saturated rings. The van der Waals surface area contributed by atoms with Gasteiger partial charge in [-0.05, 0) is 17.7 Å². The molecule has 0 heterocycles. The van der Waals surface area contributed by atoms with Gasteiger partial charge in [0.05, 0.1) is 18.4 Å². The Bertz CT molecular complexity index is 522. The van der Waals surface area contributed by atoms with Gasteiger partial charge in [-0.2, -0.15) is 0 Å². The van der Waals surface area contributed by atoms with Crippen LogP contribution in [0.3, 0.4) is 0 Å². The molecule has 1 rings (SSSR count). The van der Waals surface area contributed by atoms with Crippen LogP contribution in [0.25, 0.3) is 0 Å². The Morgan fingerprint density at radius 1 is 1.39 bits per heavy atom. The number of benzene rings is 1. The van der Waals surface area contributed by atoms with Crippen molar-refractivity contribution in [3.05, 3.63) is 29.8 Å². The number of sulfonamides is 1. The molecular weight excluding hydrogens is 256 g/mol. The highest BCUT2D eigenvalue weighted by molar-refractivity contribution is 7.89. The summed E-state index contributed by atoms with van der Waals surface area (Å²) in [5, 5.41) is 7.01. The van der Waals surface area contributed by atoms with Crippen molar-refractivity contribution in [1.29, 1.82) is 5.41 Å². The molecule has 0 saturated heterocycles. The molecular formula is C11H14N2O4S. The van der Waals surface area contributed by atoms with Gasteiger partial charge in [0, 0.05) is 12.8 Å². The van der Waals surface area contributed by atoms with Crippen LogP contribution in [0.1, 0.15) is 12.0 Å². The normalized spacial score (nSPS) is 10.9. The summed E-state index contributed by atoms with van der Waals surface area (Å²) in [7, 11) is -2.38. The fourth-order valence-electron chi connectivity index (χ4n) is 1.22. The second kappa shape index (κ2) is 6.27. The molecule has 0 bridgehead atoms. The van der Waals surface area contributed by atoms with Crippen LogP contribution in [0.15, 0.2) is 29.2 Å². The molecule has 0 atom stereocenters. The number of ether oxygens (including phenoxy) is 1. The summed E-state index contributed by atoms with van der Waals surface area (Å²) < 4.78 is 30.3. The first-order valence-corrected chi connectivity index (χ1v) is 6.65. The fraction of sp³-hybridized carbons (Fsp3) is 0.273. The Morgan fingerprint density at radius 3 is 2.50 bits per heavy atom. The van der Waals surface area contributed by atoms with E-state index in [2.05, 4.69) is 9.46 Å². The van der Waals surface area contributed by atoms with Crippen LogP contribution >= 0.6 is 0 Å². The van der Waals surface area contributed by atoms with Gasteiger partial charge in [-0.1, -0.05) is 12.1 Å². The third-order valence-electron chi connectivity index (χ3n) is 2.21. The second-order valence-electron chi connectivity index (χ2n) is 3.44. The van der Waals surface area contributed by atoms with Crippen LogP contribution in [0.5, 0.6) is 0 Å². The van der Waals surface area contributed by atoms with Crippen LogP contribution in [0, 0.1) is 5.41 Å². The summed E-state index contributed by atoms with van der Waals surface area (Å²) in [5.41, 5.74) is 0.614. The maximum atomic E-state index is 11.8. The molecule has 0 radical (unpaired) electrons. The Balaban J connectivity index is 2.67. The summed E-state index contributed by atoms with van der Waals surface area (Å²) in [6, 6.07) is 5.87. The summed E-state index contributed by atoms with van der Waals surface area (Å²) in [5.74, 6) is -0.475. The van der Waals surface area contributed by atoms with E-state index >= 15 is 0 Å². The first kappa shape index (κ1) is 14.3. The lowest BCUT2D eigenvalue weighted by molar-refractivity contribution is -0.140. The molecule has 0 saturated carbocycles. The predicted molar refractivity (Wildman–Crippen MR) is 66.1 cm³/mol. The molecule has 18 heavy (non-hydrogen) atoms. The van der Waals surface area contributed by atoms with Crippen molar-refractivity contribution < 1.29 is 17.9 Å². The number of nitrogens with one attached hydrogen (secondary N) is 2. The highest BCUT2D eigenvalue weighted by Crippen LogP contribution is 2.09. The van der Waals surface area contributed by atoms with E-state index in [1.165, 1.54) is 31.4 Å². The van der Waals surface area contributed by atoms with Crippen molar-refractivity contribution in [3.8, 4) is 0 Å². The number of esters is 1. The molecule has 1 aromatic rings. The molecule has 0 aromatic heterocycles. The molecule has 0 aliphatic carbocycles. The second-order valence-corrected chi connectivity index (χ2v) is 5.20. The highest BCUT2D eigenvalue weighted by Gasteiger charge is 2.13. The molecule has 0 aliphatic rings. The largest absolute Gasteiger partial charge is 0.469 e. The number of carbonyl (C=O) groups excluding carboxylic acids is 1. The van der Waals surface area contributed by atoms with Gasteiger partial charge in [0.25, 0.3) is 0 Å². The SMILES string of the molecule is COC(=O)CCNS(=O)(=O)c1ccc(C=N)cc1. The molecule has 7 heteroatoms. The summed E-state index contributed by atoms with van der Waals surface area (Å²) in [6.07, 6.45) is 1.11. The lowest BCUT2D eigenvalue weighted by atomic mass is 10.2. The van der Waals surface area contributed by atoms with Gasteiger partial charge in [0.2, 0.25) is 10.0 Å². The molecule has 1 aromatic carbocycles. The Morgan fingerprint density at radius 2 is 2.00 bits per heavy atom. The maximum absolute atomic E-state index is 11.8. The molecule has 2 N–H and O–H groups in total. The molecule has 6 nitrogen and oxygen atoms in total. The van der Waals surface area contributed by atoms with E-state index in [9.17, 15) is 13.2 Å². The summed E-state index contributed by atoms with van der Waals surface area (Å²) in [4.78, 5) is 10.9. The van der Waals surface area contributed by atoms with E-state index in [1.54, 1.807) is 0 Å². The first-order chi connectivity index (χ1) is 8.49. The predicted octanol–water partition coefficient (Wildman–Crippen LogP) is 0.526. The summed E-state index contributed by atoms with van der Waals surface area (Å²) >= 11 is 0. The first-order valence-electron chi connectivity index (χ1n) is 5.16. The average Bonchev–Trinajstić information content (AvgIpc) is 2.38. The zero-order valence-corrected chi connectivity index (χ0v) is 10.7. The van der Waals surface area contributed by atoms with Gasteiger partial charge in [0.15, 0.2) is 0 Å². The van der Waals surface area contributed by atoms with Crippen molar-refractivity contribution in [2.45, 2.75) is 11.3 Å². The Kier molecular flexibility index (Phi) is 4.99. The molecule has 0 unspecified atom stereocenters. The average molecular weight is 270 g/mol. The minimum atomic E-state index is -3.62. The summed E-state index contributed by atoms with van der Waals surface area (Å²) in [6.45, 7) is -0.0126. The van der Waals surface area contributed by atoms with E-state index in [0.29, 0.717) is 5.56 Å². The molecule has 0 amide bonds. The van der Waals surface area contributed by atoms with Crippen molar-refractivity contribution >= 4 is 22.2 Å². The van der Waals surface area contributed by atoms with Crippen molar-refractivity contribution in [2.75, 3.05) is 13.7 Å². The van der Waals surface area contributed by atoms with E-state index in [1.807, 2.05) is 0 Å². The van der Waals surface area contributed by atoms with E-state index in [-0.39, 0.29) is 17.9 Å². The van der Waals surface area contributed by atoms with E-state index < -0.39 is 16.0 Å². The number of hydrogen-bond donors (Lipinski definition) is 2. The number of hydrogen-bond acceptors (Lipinski definition) is 5. The maximum Gasteiger partial charge on any atom is 0.306 e. The third-order valence-corrected chi connectivity index (χ3v) is 3.68. The van der Waals surface area contributed by atoms with Gasteiger partial charge in [0.1, 0.15) is 0 Å². The quantitative estimate of drug-likeness (QED) is 0.582. The van der Waals surface area contributed by atoms with Gasteiger partial charge >= 0.3 is 5.97 Å². The number of carbonyl (C=O) groups is 1. The van der Waals surface area contributed by atoms with Crippen LogP contribution in [-0.4, -0.2) is 34.3 Å². The van der Waals surface area contributed by atoms with Gasteiger partial charge in [-0.15, -0.1) is 0 Å². The van der Waals surface area contributed by atoms with Crippen molar-refractivity contribution in [2.24, 2.45) is 0 Å². The van der Waals surface area contributed by atoms with Gasteiger partial charge < -0.3 is 10.1 Å². The molecule has 0 spiro atoms. The number of rotatable bonds is 6. The van der Waals surface area contributed by atoms with Crippen LogP contribution < -0.4 is 4.72 Å². The van der Waals surface area contributed by atoms with E-state index in [0.717, 1.165) is 6.21 Å². The van der Waals surface area contributed by atoms with Crippen LogP contribution in [0.4, 0.5) is 0 Å². The van der Waals surface area contributed by atoms with Crippen molar-refractivity contribution in [1.82, 2.24) is 4.72 Å². The highest BCUT2D eigenvalue weighted by atomic mass is 32.2. The molecule has 98 valence electrons. The van der Waals surface area contributed by atoms with Crippen LogP contribution in [-0.2, 0) is 19.6 Å². The lowest BCUT2D eigenvalue weighted by Crippen LogP contribution is -2.26. The Labute approximate surface area is 106 Å². The van der Waals surface area contributed by atoms with Gasteiger partial charge in [-0.25, -0.2) is 13.1 Å². The van der Waals surface area contributed by atoms with Gasteiger partial charge in [-0.3, -0.25) is 4.79 Å².